The molecule has 3 rings (SSSR count). The summed E-state index contributed by atoms with van der Waals surface area (Å²) in [5, 5.41) is 12.8. The van der Waals surface area contributed by atoms with E-state index < -0.39 is 5.97 Å². The molecule has 5 heteroatoms. The van der Waals surface area contributed by atoms with Crippen LogP contribution >= 0.6 is 0 Å². The van der Waals surface area contributed by atoms with Crippen molar-refractivity contribution in [2.24, 2.45) is 5.92 Å². The number of carbonyl (C=O) groups is 2. The van der Waals surface area contributed by atoms with Crippen LogP contribution in [-0.4, -0.2) is 23.0 Å². The fourth-order valence-electron chi connectivity index (χ4n) is 3.39. The van der Waals surface area contributed by atoms with Gasteiger partial charge in [0.1, 0.15) is 5.58 Å². The van der Waals surface area contributed by atoms with Gasteiger partial charge in [0.15, 0.2) is 0 Å². The molecule has 128 valence electrons. The minimum Gasteiger partial charge on any atom is -0.481 e. The van der Waals surface area contributed by atoms with Crippen molar-refractivity contribution in [3.63, 3.8) is 0 Å². The smallest absolute Gasteiger partial charge is 0.306 e. The maximum Gasteiger partial charge on any atom is 0.306 e. The minimum atomic E-state index is -0.780. The average molecular weight is 329 g/mol. The Morgan fingerprint density at radius 3 is 2.67 bits per heavy atom. The van der Waals surface area contributed by atoms with E-state index in [2.05, 4.69) is 32.2 Å². The van der Waals surface area contributed by atoms with Gasteiger partial charge in [0.2, 0.25) is 5.91 Å². The van der Waals surface area contributed by atoms with E-state index in [1.54, 1.807) is 6.26 Å². The summed E-state index contributed by atoms with van der Waals surface area (Å²) in [6.45, 7) is 6.37. The third kappa shape index (κ3) is 3.16. The van der Waals surface area contributed by atoms with Gasteiger partial charge in [0, 0.05) is 17.0 Å². The number of aliphatic carboxylic acids is 1. The molecule has 0 bridgehead atoms. The number of carbonyl (C=O) groups excluding carboxylic acids is 1. The standard InChI is InChI=1S/C19H23NO4/c1-10(2)15-8-16-13(9-24-17(16)4-11(15)3)7-18(21)20-14-5-12(6-14)19(22)23/h4,8-10,12,14H,5-7H2,1-3H3,(H,20,21)(H,22,23). The van der Waals surface area contributed by atoms with E-state index >= 15 is 0 Å². The molecule has 0 unspecified atom stereocenters. The van der Waals surface area contributed by atoms with Crippen molar-refractivity contribution in [1.82, 2.24) is 5.32 Å². The molecule has 5 nitrogen and oxygen atoms in total. The number of fused-ring (bicyclic) bond motifs is 1. The van der Waals surface area contributed by atoms with Gasteiger partial charge in [-0.25, -0.2) is 0 Å². The molecular formula is C19H23NO4. The predicted octanol–water partition coefficient (Wildman–Crippen LogP) is 3.39. The minimum absolute atomic E-state index is 0.0229. The highest BCUT2D eigenvalue weighted by atomic mass is 16.4. The fourth-order valence-corrected chi connectivity index (χ4v) is 3.39. The Labute approximate surface area is 141 Å². The average Bonchev–Trinajstić information content (AvgIpc) is 2.82. The molecule has 24 heavy (non-hydrogen) atoms. The first-order chi connectivity index (χ1) is 11.3. The van der Waals surface area contributed by atoms with E-state index in [0.29, 0.717) is 18.8 Å². The molecule has 0 atom stereocenters. The number of hydrogen-bond donors (Lipinski definition) is 2. The van der Waals surface area contributed by atoms with Crippen LogP contribution in [-0.2, 0) is 16.0 Å². The first kappa shape index (κ1) is 16.6. The maximum atomic E-state index is 12.2. The fraction of sp³-hybridized carbons (Fsp3) is 0.474. The van der Waals surface area contributed by atoms with E-state index in [1.807, 2.05) is 6.07 Å². The van der Waals surface area contributed by atoms with Crippen LogP contribution in [0.2, 0.25) is 0 Å². The first-order valence-electron chi connectivity index (χ1n) is 8.38. The lowest BCUT2D eigenvalue weighted by atomic mass is 9.80. The molecule has 1 aliphatic carbocycles. The monoisotopic (exact) mass is 329 g/mol. The van der Waals surface area contributed by atoms with Crippen molar-refractivity contribution in [2.45, 2.75) is 52.0 Å². The number of aryl methyl sites for hydroxylation is 1. The van der Waals surface area contributed by atoms with Crippen LogP contribution in [0.15, 0.2) is 22.8 Å². The Hall–Kier alpha value is -2.30. The Kier molecular flexibility index (Phi) is 4.35. The van der Waals surface area contributed by atoms with E-state index in [-0.39, 0.29) is 24.3 Å². The number of carboxylic acids is 1. The topological polar surface area (TPSA) is 79.5 Å². The second-order valence-electron chi connectivity index (χ2n) is 7.07. The number of rotatable bonds is 5. The SMILES string of the molecule is Cc1cc2occ(CC(=O)NC3CC(C(=O)O)C3)c2cc1C(C)C. The van der Waals surface area contributed by atoms with Crippen LogP contribution in [0.25, 0.3) is 11.0 Å². The molecule has 1 amide bonds. The second-order valence-corrected chi connectivity index (χ2v) is 7.07. The highest BCUT2D eigenvalue weighted by Crippen LogP contribution is 2.30. The third-order valence-corrected chi connectivity index (χ3v) is 4.87. The molecule has 0 radical (unpaired) electrons. The first-order valence-corrected chi connectivity index (χ1v) is 8.38. The Morgan fingerprint density at radius 2 is 2.04 bits per heavy atom. The molecule has 0 spiro atoms. The Bertz CT molecular complexity index is 784. The van der Waals surface area contributed by atoms with E-state index in [9.17, 15) is 9.59 Å². The van der Waals surface area contributed by atoms with Crippen molar-refractivity contribution < 1.29 is 19.1 Å². The van der Waals surface area contributed by atoms with Crippen LogP contribution in [0.5, 0.6) is 0 Å². The van der Waals surface area contributed by atoms with Crippen molar-refractivity contribution in [1.29, 1.82) is 0 Å². The van der Waals surface area contributed by atoms with Gasteiger partial charge in [-0.15, -0.1) is 0 Å². The van der Waals surface area contributed by atoms with Crippen LogP contribution in [0.3, 0.4) is 0 Å². The zero-order valence-corrected chi connectivity index (χ0v) is 14.3. The lowest BCUT2D eigenvalue weighted by Gasteiger charge is -2.32. The maximum absolute atomic E-state index is 12.2. The molecular weight excluding hydrogens is 306 g/mol. The molecule has 0 aliphatic heterocycles. The zero-order valence-electron chi connectivity index (χ0n) is 14.3. The van der Waals surface area contributed by atoms with Gasteiger partial charge in [-0.1, -0.05) is 13.8 Å². The van der Waals surface area contributed by atoms with Gasteiger partial charge < -0.3 is 14.8 Å². The summed E-state index contributed by atoms with van der Waals surface area (Å²) < 4.78 is 5.60. The number of furan rings is 1. The van der Waals surface area contributed by atoms with Crippen LogP contribution < -0.4 is 5.32 Å². The van der Waals surface area contributed by atoms with E-state index in [4.69, 9.17) is 9.52 Å². The summed E-state index contributed by atoms with van der Waals surface area (Å²) in [5.74, 6) is -0.772. The second kappa shape index (κ2) is 6.30. The number of benzene rings is 1. The number of hydrogen-bond acceptors (Lipinski definition) is 3. The van der Waals surface area contributed by atoms with Crippen LogP contribution in [0, 0.1) is 12.8 Å². The molecule has 1 aromatic carbocycles. The molecule has 1 aromatic heterocycles. The number of nitrogens with one attached hydrogen (secondary N) is 1. The van der Waals surface area contributed by atoms with Gasteiger partial charge in [0.05, 0.1) is 18.6 Å². The van der Waals surface area contributed by atoms with Gasteiger partial charge in [0.25, 0.3) is 0 Å². The van der Waals surface area contributed by atoms with Crippen molar-refractivity contribution in [3.05, 3.63) is 35.1 Å². The summed E-state index contributed by atoms with van der Waals surface area (Å²) in [6, 6.07) is 4.12. The van der Waals surface area contributed by atoms with Gasteiger partial charge in [-0.2, -0.15) is 0 Å². The highest BCUT2D eigenvalue weighted by Gasteiger charge is 2.35. The van der Waals surface area contributed by atoms with Crippen molar-refractivity contribution >= 4 is 22.8 Å². The summed E-state index contributed by atoms with van der Waals surface area (Å²) in [6.07, 6.45) is 2.93. The molecule has 1 fully saturated rings. The lowest BCUT2D eigenvalue weighted by molar-refractivity contribution is -0.146. The number of amides is 1. The molecule has 2 aromatic rings. The summed E-state index contributed by atoms with van der Waals surface area (Å²) in [7, 11) is 0. The molecule has 0 saturated heterocycles. The Balaban J connectivity index is 1.70. The number of carboxylic acid groups (broad SMARTS) is 1. The normalized spacial score (nSPS) is 20.2. The quantitative estimate of drug-likeness (QED) is 0.881. The van der Waals surface area contributed by atoms with Crippen molar-refractivity contribution in [3.8, 4) is 0 Å². The van der Waals surface area contributed by atoms with Gasteiger partial charge >= 0.3 is 5.97 Å². The van der Waals surface area contributed by atoms with E-state index in [1.165, 1.54) is 11.1 Å². The third-order valence-electron chi connectivity index (χ3n) is 4.87. The van der Waals surface area contributed by atoms with Gasteiger partial charge in [-0.3, -0.25) is 9.59 Å². The van der Waals surface area contributed by atoms with Crippen molar-refractivity contribution in [2.75, 3.05) is 0 Å². The molecule has 1 aliphatic rings. The molecule has 1 heterocycles. The van der Waals surface area contributed by atoms with Crippen LogP contribution in [0.1, 0.15) is 49.3 Å². The molecule has 2 N–H and O–H groups in total. The summed E-state index contributed by atoms with van der Waals surface area (Å²) in [5.41, 5.74) is 4.12. The molecule has 1 saturated carbocycles. The summed E-state index contributed by atoms with van der Waals surface area (Å²) in [4.78, 5) is 23.0. The van der Waals surface area contributed by atoms with E-state index in [0.717, 1.165) is 16.5 Å². The highest BCUT2D eigenvalue weighted by molar-refractivity contribution is 5.88. The van der Waals surface area contributed by atoms with Gasteiger partial charge in [-0.05, 0) is 48.9 Å². The largest absolute Gasteiger partial charge is 0.481 e. The van der Waals surface area contributed by atoms with Crippen LogP contribution in [0.4, 0.5) is 0 Å². The zero-order chi connectivity index (χ0) is 17.4. The lowest BCUT2D eigenvalue weighted by Crippen LogP contribution is -2.47. The predicted molar refractivity (Wildman–Crippen MR) is 91.0 cm³/mol. The summed E-state index contributed by atoms with van der Waals surface area (Å²) >= 11 is 0. The Morgan fingerprint density at radius 1 is 1.33 bits per heavy atom.